The number of likely N-dealkylation sites (tertiary alicyclic amines) is 1. The van der Waals surface area contributed by atoms with Gasteiger partial charge in [-0.25, -0.2) is 0 Å². The first kappa shape index (κ1) is 18.4. The number of aliphatic hydroxyl groups excluding tert-OH is 1. The molecule has 1 aromatic heterocycles. The van der Waals surface area contributed by atoms with Gasteiger partial charge in [0.15, 0.2) is 0 Å². The number of carbonyl (C=O) groups excluding carboxylic acids is 1. The van der Waals surface area contributed by atoms with Crippen LogP contribution in [0.25, 0.3) is 0 Å². The van der Waals surface area contributed by atoms with Crippen molar-refractivity contribution in [1.29, 1.82) is 0 Å². The minimum absolute atomic E-state index is 0.111. The topological polar surface area (TPSA) is 70.4 Å². The van der Waals surface area contributed by atoms with Crippen LogP contribution in [0.15, 0.2) is 0 Å². The number of nitrogens with zero attached hydrogens (tertiary/aromatic N) is 3. The lowest BCUT2D eigenvalue weighted by Gasteiger charge is -2.39. The number of hydrogen-bond acceptors (Lipinski definition) is 4. The largest absolute Gasteiger partial charge is 0.394 e. The highest BCUT2D eigenvalue weighted by atomic mass is 16.3. The summed E-state index contributed by atoms with van der Waals surface area (Å²) in [4.78, 5) is 14.4. The van der Waals surface area contributed by atoms with Gasteiger partial charge in [0.05, 0.1) is 18.8 Å². The lowest BCUT2D eigenvalue weighted by atomic mass is 9.89. The Balaban J connectivity index is 1.58. The predicted octanol–water partition coefficient (Wildman–Crippen LogP) is 1.62. The third-order valence-electron chi connectivity index (χ3n) is 5.88. The molecule has 1 saturated heterocycles. The standard InChI is InChI=1S/C19H32N4O2/c1-4-15-12-22(19(25)16-5-6-16)8-7-18(15)20-11-17-13(2)21-23(9-10-24)14(17)3/h15-16,18,20,24H,4-12H2,1-3H3/t15-,18+/m0/s1. The molecule has 1 saturated carbocycles. The minimum Gasteiger partial charge on any atom is -0.394 e. The van der Waals surface area contributed by atoms with E-state index < -0.39 is 0 Å². The molecular formula is C19H32N4O2. The van der Waals surface area contributed by atoms with E-state index in [2.05, 4.69) is 29.2 Å². The Hall–Kier alpha value is -1.40. The summed E-state index contributed by atoms with van der Waals surface area (Å²) in [6, 6.07) is 0.452. The molecule has 1 aromatic rings. The fourth-order valence-electron chi connectivity index (χ4n) is 4.04. The van der Waals surface area contributed by atoms with Crippen LogP contribution in [0.5, 0.6) is 0 Å². The van der Waals surface area contributed by atoms with Crippen LogP contribution in [-0.2, 0) is 17.9 Å². The maximum absolute atomic E-state index is 12.3. The summed E-state index contributed by atoms with van der Waals surface area (Å²) in [6.45, 7) is 9.57. The molecule has 0 radical (unpaired) electrons. The Labute approximate surface area is 150 Å². The second-order valence-electron chi connectivity index (χ2n) is 7.60. The Morgan fingerprint density at radius 1 is 1.32 bits per heavy atom. The van der Waals surface area contributed by atoms with E-state index in [0.717, 1.165) is 56.7 Å². The van der Waals surface area contributed by atoms with Crippen molar-refractivity contribution >= 4 is 5.91 Å². The molecule has 3 rings (SSSR count). The van der Waals surface area contributed by atoms with E-state index in [0.29, 0.717) is 30.3 Å². The van der Waals surface area contributed by atoms with Crippen LogP contribution in [0.3, 0.4) is 0 Å². The zero-order valence-corrected chi connectivity index (χ0v) is 15.8. The van der Waals surface area contributed by atoms with Gasteiger partial charge in [-0.1, -0.05) is 13.3 Å². The second-order valence-corrected chi connectivity index (χ2v) is 7.60. The predicted molar refractivity (Wildman–Crippen MR) is 97.1 cm³/mol. The van der Waals surface area contributed by atoms with Crippen molar-refractivity contribution in [2.24, 2.45) is 11.8 Å². The van der Waals surface area contributed by atoms with Gasteiger partial charge < -0.3 is 15.3 Å². The van der Waals surface area contributed by atoms with Gasteiger partial charge in [0.25, 0.3) is 0 Å². The molecule has 2 atom stereocenters. The smallest absolute Gasteiger partial charge is 0.225 e. The summed E-state index contributed by atoms with van der Waals surface area (Å²) >= 11 is 0. The Bertz CT molecular complexity index is 609. The Kier molecular flexibility index (Phi) is 5.79. The van der Waals surface area contributed by atoms with Crippen LogP contribution in [0.1, 0.15) is 49.6 Å². The fraction of sp³-hybridized carbons (Fsp3) is 0.789. The fourth-order valence-corrected chi connectivity index (χ4v) is 4.04. The third-order valence-corrected chi connectivity index (χ3v) is 5.88. The van der Waals surface area contributed by atoms with Gasteiger partial charge >= 0.3 is 0 Å². The number of carbonyl (C=O) groups is 1. The van der Waals surface area contributed by atoms with E-state index in [1.165, 1.54) is 5.56 Å². The van der Waals surface area contributed by atoms with Gasteiger partial charge in [0, 0.05) is 42.9 Å². The molecule has 2 heterocycles. The van der Waals surface area contributed by atoms with Crippen LogP contribution in [-0.4, -0.2) is 51.4 Å². The maximum atomic E-state index is 12.3. The van der Waals surface area contributed by atoms with Gasteiger partial charge in [-0.15, -0.1) is 0 Å². The zero-order valence-electron chi connectivity index (χ0n) is 15.8. The average molecular weight is 348 g/mol. The van der Waals surface area contributed by atoms with Gasteiger partial charge in [0.1, 0.15) is 0 Å². The average Bonchev–Trinajstić information content (AvgIpc) is 3.42. The molecule has 0 spiro atoms. The van der Waals surface area contributed by atoms with Gasteiger partial charge in [-0.2, -0.15) is 5.10 Å². The molecule has 0 unspecified atom stereocenters. The normalized spacial score (nSPS) is 23.9. The van der Waals surface area contributed by atoms with Gasteiger partial charge in [0.2, 0.25) is 5.91 Å². The number of rotatable bonds is 7. The molecule has 1 amide bonds. The molecule has 2 N–H and O–H groups in total. The van der Waals surface area contributed by atoms with Crippen LogP contribution < -0.4 is 5.32 Å². The monoisotopic (exact) mass is 348 g/mol. The number of aromatic nitrogens is 2. The molecule has 1 aliphatic carbocycles. The summed E-state index contributed by atoms with van der Waals surface area (Å²) < 4.78 is 1.89. The Morgan fingerprint density at radius 3 is 2.72 bits per heavy atom. The van der Waals surface area contributed by atoms with Crippen LogP contribution >= 0.6 is 0 Å². The number of piperidine rings is 1. The zero-order chi connectivity index (χ0) is 18.0. The summed E-state index contributed by atoms with van der Waals surface area (Å²) in [5, 5.41) is 17.4. The molecule has 0 bridgehead atoms. The lowest BCUT2D eigenvalue weighted by Crippen LogP contribution is -2.51. The van der Waals surface area contributed by atoms with Crippen LogP contribution in [0, 0.1) is 25.7 Å². The number of nitrogens with one attached hydrogen (secondary N) is 1. The van der Waals surface area contributed by atoms with E-state index in [4.69, 9.17) is 5.11 Å². The van der Waals surface area contributed by atoms with Crippen molar-refractivity contribution in [3.8, 4) is 0 Å². The van der Waals surface area contributed by atoms with E-state index in [9.17, 15) is 4.79 Å². The maximum Gasteiger partial charge on any atom is 0.225 e. The molecular weight excluding hydrogens is 316 g/mol. The van der Waals surface area contributed by atoms with Crippen molar-refractivity contribution in [2.75, 3.05) is 19.7 Å². The molecule has 1 aliphatic heterocycles. The quantitative estimate of drug-likeness (QED) is 0.786. The highest BCUT2D eigenvalue weighted by molar-refractivity contribution is 5.81. The summed E-state index contributed by atoms with van der Waals surface area (Å²) in [5.74, 6) is 1.23. The van der Waals surface area contributed by atoms with Crippen molar-refractivity contribution < 1.29 is 9.90 Å². The van der Waals surface area contributed by atoms with Gasteiger partial charge in [-0.05, 0) is 39.0 Å². The van der Waals surface area contributed by atoms with E-state index in [1.54, 1.807) is 0 Å². The first-order valence-corrected chi connectivity index (χ1v) is 9.71. The highest BCUT2D eigenvalue weighted by Crippen LogP contribution is 2.33. The molecule has 140 valence electrons. The van der Waals surface area contributed by atoms with Crippen LogP contribution in [0.4, 0.5) is 0 Å². The van der Waals surface area contributed by atoms with E-state index in [-0.39, 0.29) is 6.61 Å². The molecule has 0 aromatic carbocycles. The number of aliphatic hydroxyl groups is 1. The second kappa shape index (κ2) is 7.87. The van der Waals surface area contributed by atoms with Crippen LogP contribution in [0.2, 0.25) is 0 Å². The summed E-state index contributed by atoms with van der Waals surface area (Å²) in [5.41, 5.74) is 3.40. The molecule has 2 aliphatic rings. The lowest BCUT2D eigenvalue weighted by molar-refractivity contribution is -0.134. The molecule has 25 heavy (non-hydrogen) atoms. The Morgan fingerprint density at radius 2 is 2.08 bits per heavy atom. The van der Waals surface area contributed by atoms with Gasteiger partial charge in [-0.3, -0.25) is 9.48 Å². The number of amides is 1. The van der Waals surface area contributed by atoms with Crippen molar-refractivity contribution in [3.63, 3.8) is 0 Å². The van der Waals surface area contributed by atoms with Crippen molar-refractivity contribution in [2.45, 2.75) is 65.6 Å². The molecule has 6 heteroatoms. The van der Waals surface area contributed by atoms with E-state index >= 15 is 0 Å². The summed E-state index contributed by atoms with van der Waals surface area (Å²) in [7, 11) is 0. The number of hydrogen-bond donors (Lipinski definition) is 2. The van der Waals surface area contributed by atoms with E-state index in [1.807, 2.05) is 11.6 Å². The number of aryl methyl sites for hydroxylation is 1. The minimum atomic E-state index is 0.111. The highest BCUT2D eigenvalue weighted by Gasteiger charge is 2.37. The first-order valence-electron chi connectivity index (χ1n) is 9.71. The van der Waals surface area contributed by atoms with Crippen molar-refractivity contribution in [1.82, 2.24) is 20.0 Å². The SMILES string of the molecule is CC[C@H]1CN(C(=O)C2CC2)CC[C@H]1NCc1c(C)nn(CCO)c1C. The molecule has 2 fully saturated rings. The summed E-state index contributed by atoms with van der Waals surface area (Å²) in [6.07, 6.45) is 4.29. The van der Waals surface area contributed by atoms with Crippen molar-refractivity contribution in [3.05, 3.63) is 17.0 Å². The molecule has 6 nitrogen and oxygen atoms in total. The first-order chi connectivity index (χ1) is 12.0. The third kappa shape index (κ3) is 4.06.